The summed E-state index contributed by atoms with van der Waals surface area (Å²) < 4.78 is 19.2. The van der Waals surface area contributed by atoms with Crippen LogP contribution in [0.5, 0.6) is 0 Å². The van der Waals surface area contributed by atoms with Gasteiger partial charge in [-0.05, 0) is 31.6 Å². The summed E-state index contributed by atoms with van der Waals surface area (Å²) in [6.07, 6.45) is 3.67. The van der Waals surface area contributed by atoms with Crippen LogP contribution < -0.4 is 10.2 Å². The number of ether oxygens (including phenoxy) is 1. The average Bonchev–Trinajstić information content (AvgIpc) is 3.10. The number of amides is 2. The largest absolute Gasteiger partial charge is 0.382 e. The van der Waals surface area contributed by atoms with E-state index in [-0.39, 0.29) is 17.5 Å². The lowest BCUT2D eigenvalue weighted by Crippen LogP contribution is -2.23. The first-order chi connectivity index (χ1) is 13.0. The Morgan fingerprint density at radius 1 is 1.37 bits per heavy atom. The van der Waals surface area contributed by atoms with Crippen LogP contribution in [-0.4, -0.2) is 36.6 Å². The lowest BCUT2D eigenvalue weighted by Gasteiger charge is -2.18. The molecule has 0 aliphatic carbocycles. The molecule has 0 aliphatic rings. The summed E-state index contributed by atoms with van der Waals surface area (Å²) in [5, 5.41) is 4.79. The van der Waals surface area contributed by atoms with E-state index in [2.05, 4.69) is 10.3 Å². The Morgan fingerprint density at radius 2 is 2.15 bits per heavy atom. The quantitative estimate of drug-likeness (QED) is 0.524. The van der Waals surface area contributed by atoms with Gasteiger partial charge in [-0.15, -0.1) is 11.3 Å². The summed E-state index contributed by atoms with van der Waals surface area (Å²) in [6, 6.07) is 6.01. The first kappa shape index (κ1) is 20.7. The van der Waals surface area contributed by atoms with Crippen molar-refractivity contribution in [3.63, 3.8) is 0 Å². The van der Waals surface area contributed by atoms with Gasteiger partial charge in [0.25, 0.3) is 0 Å². The zero-order chi connectivity index (χ0) is 19.6. The van der Waals surface area contributed by atoms with E-state index in [9.17, 15) is 14.0 Å². The fourth-order valence-electron chi connectivity index (χ4n) is 2.25. The van der Waals surface area contributed by atoms with Crippen LogP contribution in [-0.2, 0) is 14.3 Å². The van der Waals surface area contributed by atoms with Gasteiger partial charge in [-0.1, -0.05) is 12.1 Å². The molecule has 2 aromatic rings. The number of nitrogens with one attached hydrogen (secondary N) is 1. The van der Waals surface area contributed by atoms with E-state index in [0.717, 1.165) is 6.42 Å². The van der Waals surface area contributed by atoms with Gasteiger partial charge in [0.2, 0.25) is 11.8 Å². The van der Waals surface area contributed by atoms with Crippen LogP contribution in [0, 0.1) is 5.82 Å². The van der Waals surface area contributed by atoms with Crippen molar-refractivity contribution in [3.8, 4) is 0 Å². The highest BCUT2D eigenvalue weighted by molar-refractivity contribution is 7.14. The Morgan fingerprint density at radius 3 is 2.85 bits per heavy atom. The van der Waals surface area contributed by atoms with Gasteiger partial charge in [0.15, 0.2) is 5.13 Å². The van der Waals surface area contributed by atoms with Crippen LogP contribution in [0.1, 0.15) is 26.0 Å². The van der Waals surface area contributed by atoms with Crippen molar-refractivity contribution in [1.82, 2.24) is 10.3 Å². The second-order valence-electron chi connectivity index (χ2n) is 5.54. The SMILES string of the molecule is CCOCCCNC(=O)/C=C/c1csc(N(C(C)=O)c2ccccc2F)n1. The van der Waals surface area contributed by atoms with Crippen LogP contribution >= 0.6 is 11.3 Å². The van der Waals surface area contributed by atoms with Crippen molar-refractivity contribution >= 4 is 40.0 Å². The Kier molecular flexibility index (Phi) is 8.09. The highest BCUT2D eigenvalue weighted by Crippen LogP contribution is 2.30. The molecule has 0 bridgehead atoms. The van der Waals surface area contributed by atoms with Gasteiger partial charge in [-0.2, -0.15) is 0 Å². The third kappa shape index (κ3) is 6.26. The summed E-state index contributed by atoms with van der Waals surface area (Å²) >= 11 is 1.20. The van der Waals surface area contributed by atoms with E-state index >= 15 is 0 Å². The second kappa shape index (κ2) is 10.5. The smallest absolute Gasteiger partial charge is 0.244 e. The number of nitrogens with zero attached hydrogens (tertiary/aromatic N) is 2. The summed E-state index contributed by atoms with van der Waals surface area (Å²) in [5.41, 5.74) is 0.656. The third-order valence-electron chi connectivity index (χ3n) is 3.48. The lowest BCUT2D eigenvalue weighted by molar-refractivity contribution is -0.117. The highest BCUT2D eigenvalue weighted by Gasteiger charge is 2.20. The van der Waals surface area contributed by atoms with E-state index in [1.165, 1.54) is 41.4 Å². The monoisotopic (exact) mass is 391 g/mol. The predicted molar refractivity (Wildman–Crippen MR) is 104 cm³/mol. The van der Waals surface area contributed by atoms with E-state index in [1.54, 1.807) is 23.6 Å². The van der Waals surface area contributed by atoms with Crippen LogP contribution in [0.25, 0.3) is 6.08 Å². The number of aromatic nitrogens is 1. The zero-order valence-corrected chi connectivity index (χ0v) is 16.1. The van der Waals surface area contributed by atoms with Gasteiger partial charge in [0.1, 0.15) is 5.82 Å². The van der Waals surface area contributed by atoms with Crippen LogP contribution in [0.2, 0.25) is 0 Å². The maximum atomic E-state index is 14.0. The van der Waals surface area contributed by atoms with E-state index < -0.39 is 5.82 Å². The minimum absolute atomic E-state index is 0.141. The Hall–Kier alpha value is -2.58. The summed E-state index contributed by atoms with van der Waals surface area (Å²) in [4.78, 5) is 29.3. The van der Waals surface area contributed by atoms with Crippen molar-refractivity contribution < 1.29 is 18.7 Å². The molecule has 0 fully saturated rings. The molecule has 27 heavy (non-hydrogen) atoms. The molecule has 0 radical (unpaired) electrons. The highest BCUT2D eigenvalue weighted by atomic mass is 32.1. The Labute approximate surface area is 161 Å². The van der Waals surface area contributed by atoms with Crippen molar-refractivity contribution in [2.75, 3.05) is 24.7 Å². The van der Waals surface area contributed by atoms with Crippen LogP contribution in [0.4, 0.5) is 15.2 Å². The number of para-hydroxylation sites is 1. The maximum Gasteiger partial charge on any atom is 0.244 e. The number of halogens is 1. The molecule has 0 spiro atoms. The molecule has 0 atom stereocenters. The minimum Gasteiger partial charge on any atom is -0.382 e. The number of carbonyl (C=O) groups is 2. The second-order valence-corrected chi connectivity index (χ2v) is 6.37. The van der Waals surface area contributed by atoms with Crippen LogP contribution in [0.3, 0.4) is 0 Å². The molecule has 0 saturated heterocycles. The molecule has 1 aromatic heterocycles. The molecule has 6 nitrogen and oxygen atoms in total. The van der Waals surface area contributed by atoms with E-state index in [0.29, 0.717) is 30.6 Å². The lowest BCUT2D eigenvalue weighted by atomic mass is 10.3. The molecule has 0 saturated carbocycles. The molecular weight excluding hydrogens is 369 g/mol. The molecule has 1 aromatic carbocycles. The summed E-state index contributed by atoms with van der Waals surface area (Å²) in [7, 11) is 0. The molecule has 1 N–H and O–H groups in total. The number of hydrogen-bond donors (Lipinski definition) is 1. The topological polar surface area (TPSA) is 71.5 Å². The normalized spacial score (nSPS) is 10.9. The molecule has 144 valence electrons. The number of anilines is 2. The molecule has 0 unspecified atom stereocenters. The van der Waals surface area contributed by atoms with Gasteiger partial charge in [0.05, 0.1) is 11.4 Å². The van der Waals surface area contributed by atoms with Crippen molar-refractivity contribution in [1.29, 1.82) is 0 Å². The van der Waals surface area contributed by atoms with Gasteiger partial charge in [-0.25, -0.2) is 9.37 Å². The van der Waals surface area contributed by atoms with Crippen LogP contribution in [0.15, 0.2) is 35.7 Å². The third-order valence-corrected chi connectivity index (χ3v) is 4.33. The number of benzene rings is 1. The van der Waals surface area contributed by atoms with Gasteiger partial charge in [-0.3, -0.25) is 14.5 Å². The molecule has 8 heteroatoms. The number of carbonyl (C=O) groups excluding carboxylic acids is 2. The van der Waals surface area contributed by atoms with E-state index in [4.69, 9.17) is 4.74 Å². The van der Waals surface area contributed by atoms with Gasteiger partial charge < -0.3 is 10.1 Å². The Bertz CT molecular complexity index is 807. The first-order valence-corrected chi connectivity index (χ1v) is 9.45. The summed E-state index contributed by atoms with van der Waals surface area (Å²) in [5.74, 6) is -1.10. The fourth-order valence-corrected chi connectivity index (χ4v) is 3.09. The van der Waals surface area contributed by atoms with Crippen molar-refractivity contribution in [2.45, 2.75) is 20.3 Å². The molecule has 0 aliphatic heterocycles. The molecule has 1 heterocycles. The minimum atomic E-state index is -0.508. The summed E-state index contributed by atoms with van der Waals surface area (Å²) in [6.45, 7) is 5.05. The van der Waals surface area contributed by atoms with Gasteiger partial charge >= 0.3 is 0 Å². The molecular formula is C19H22FN3O3S. The molecule has 2 amide bonds. The number of rotatable bonds is 9. The zero-order valence-electron chi connectivity index (χ0n) is 15.3. The fraction of sp³-hybridized carbons (Fsp3) is 0.316. The maximum absolute atomic E-state index is 14.0. The number of hydrogen-bond acceptors (Lipinski definition) is 5. The van der Waals surface area contributed by atoms with Crippen molar-refractivity contribution in [2.24, 2.45) is 0 Å². The number of thiazole rings is 1. The van der Waals surface area contributed by atoms with E-state index in [1.807, 2.05) is 6.92 Å². The predicted octanol–water partition coefficient (Wildman–Crippen LogP) is 3.52. The Balaban J connectivity index is 2.01. The van der Waals surface area contributed by atoms with Gasteiger partial charge in [0, 0.05) is 38.1 Å². The molecule has 2 rings (SSSR count). The first-order valence-electron chi connectivity index (χ1n) is 8.57. The average molecular weight is 391 g/mol. The standard InChI is InChI=1S/C19H22FN3O3S/c1-3-26-12-6-11-21-18(25)10-9-15-13-27-19(22-15)23(14(2)24)17-8-5-4-7-16(17)20/h4-5,7-10,13H,3,6,11-12H2,1-2H3,(H,21,25)/b10-9+. The van der Waals surface area contributed by atoms with Crippen molar-refractivity contribution in [3.05, 3.63) is 47.2 Å².